The highest BCUT2D eigenvalue weighted by Crippen LogP contribution is 2.56. The van der Waals surface area contributed by atoms with Gasteiger partial charge >= 0.3 is 0 Å². The van der Waals surface area contributed by atoms with Gasteiger partial charge in [-0.15, -0.1) is 0 Å². The number of phenols is 1. The zero-order valence-corrected chi connectivity index (χ0v) is 24.9. The van der Waals surface area contributed by atoms with Crippen LogP contribution in [0.2, 0.25) is 0 Å². The molecule has 1 aliphatic heterocycles. The van der Waals surface area contributed by atoms with Crippen LogP contribution >= 0.6 is 0 Å². The Kier molecular flexibility index (Phi) is 7.21. The lowest BCUT2D eigenvalue weighted by Crippen LogP contribution is -2.38. The van der Waals surface area contributed by atoms with Gasteiger partial charge in [-0.3, -0.25) is 14.6 Å². The quantitative estimate of drug-likeness (QED) is 0.216. The number of fused-ring (bicyclic) bond motifs is 4. The smallest absolute Gasteiger partial charge is 0.259 e. The number of hydrogen-bond donors (Lipinski definition) is 3. The topological polar surface area (TPSA) is 117 Å². The number of amides is 1. The highest BCUT2D eigenvalue weighted by Gasteiger charge is 2.55. The number of nitrogens with one attached hydrogen (secondary N) is 1. The van der Waals surface area contributed by atoms with Crippen molar-refractivity contribution in [3.63, 3.8) is 0 Å². The summed E-state index contributed by atoms with van der Waals surface area (Å²) in [5, 5.41) is 27.2. The number of nitrogens with zero attached hydrogens (tertiary/aromatic N) is 1. The number of rotatable bonds is 7. The van der Waals surface area contributed by atoms with Gasteiger partial charge in [0, 0.05) is 24.4 Å². The van der Waals surface area contributed by atoms with Crippen LogP contribution in [0.1, 0.15) is 46.5 Å². The standard InChI is InChI=1S/C36H32N2O6/c1-20-14-15-23-12-8-9-13-24(23)25(20)19-38-35(42)31-28(43-4)16-27(40)32-33(31)44-29-17-26(39)30(34(41)36(29,32)3)21(2)37-18-22-10-6-5-7-11-22/h5-17,39-40H,18-19H2,1-4H3,(H,38,42)/b37-21+/t36-/m1/s1. The van der Waals surface area contributed by atoms with Crippen LogP contribution in [-0.2, 0) is 23.3 Å². The number of Topliss-reactive ketones (excluding diaryl/α,β-unsaturated/α-hetero) is 1. The normalized spacial score (nSPS) is 17.6. The van der Waals surface area contributed by atoms with Gasteiger partial charge in [0.2, 0.25) is 0 Å². The Balaban J connectivity index is 1.37. The van der Waals surface area contributed by atoms with Crippen molar-refractivity contribution in [2.24, 2.45) is 4.99 Å². The van der Waals surface area contributed by atoms with Gasteiger partial charge in [0.25, 0.3) is 5.91 Å². The maximum atomic E-state index is 14.2. The molecule has 2 aliphatic rings. The molecule has 0 unspecified atom stereocenters. The van der Waals surface area contributed by atoms with Gasteiger partial charge < -0.3 is 25.0 Å². The fourth-order valence-corrected chi connectivity index (χ4v) is 6.04. The van der Waals surface area contributed by atoms with Crippen molar-refractivity contribution < 1.29 is 29.3 Å². The van der Waals surface area contributed by atoms with Crippen LogP contribution < -0.4 is 14.8 Å². The third kappa shape index (κ3) is 4.59. The zero-order chi connectivity index (χ0) is 31.2. The van der Waals surface area contributed by atoms with Crippen molar-refractivity contribution >= 4 is 28.2 Å². The number of phenolic OH excluding ortho intramolecular Hbond substituents is 1. The van der Waals surface area contributed by atoms with E-state index in [1.165, 1.54) is 19.3 Å². The maximum absolute atomic E-state index is 14.2. The van der Waals surface area contributed by atoms with Gasteiger partial charge in [-0.2, -0.15) is 0 Å². The van der Waals surface area contributed by atoms with E-state index in [1.807, 2.05) is 73.7 Å². The summed E-state index contributed by atoms with van der Waals surface area (Å²) in [6, 6.07) is 22.9. The minimum Gasteiger partial charge on any atom is -0.507 e. The Bertz CT molecular complexity index is 1940. The number of aliphatic hydroxyl groups excluding tert-OH is 1. The number of aryl methyl sites for hydroxylation is 1. The first-order chi connectivity index (χ1) is 21.1. The van der Waals surface area contributed by atoms with E-state index in [0.717, 1.165) is 27.5 Å². The van der Waals surface area contributed by atoms with Gasteiger partial charge in [0.1, 0.15) is 34.0 Å². The lowest BCUT2D eigenvalue weighted by molar-refractivity contribution is -0.119. The summed E-state index contributed by atoms with van der Waals surface area (Å²) in [4.78, 5) is 32.5. The van der Waals surface area contributed by atoms with Gasteiger partial charge in [0.15, 0.2) is 11.5 Å². The number of benzene rings is 4. The van der Waals surface area contributed by atoms with Crippen molar-refractivity contribution in [1.82, 2.24) is 5.32 Å². The first-order valence-electron chi connectivity index (χ1n) is 14.3. The number of aliphatic imine (C=N–C) groups is 1. The first-order valence-corrected chi connectivity index (χ1v) is 14.3. The second kappa shape index (κ2) is 11.0. The monoisotopic (exact) mass is 588 g/mol. The molecule has 0 bridgehead atoms. The lowest BCUT2D eigenvalue weighted by Gasteiger charge is -2.28. The number of methoxy groups -OCH3 is 1. The van der Waals surface area contributed by atoms with Crippen LogP contribution in [0.3, 0.4) is 0 Å². The molecular formula is C36H32N2O6. The first kappa shape index (κ1) is 28.7. The van der Waals surface area contributed by atoms with E-state index < -0.39 is 17.1 Å². The van der Waals surface area contributed by atoms with Crippen LogP contribution in [0, 0.1) is 6.92 Å². The Morgan fingerprint density at radius 1 is 1.05 bits per heavy atom. The minimum atomic E-state index is -1.52. The molecule has 0 saturated heterocycles. The molecule has 44 heavy (non-hydrogen) atoms. The SMILES string of the molecule is COc1cc(O)c2c(c1C(=O)NCc1c(C)ccc3ccccc13)OC1=CC(O)=C(/C(C)=N/Cc3ccccc3)C(=O)[C@]12C. The van der Waals surface area contributed by atoms with Gasteiger partial charge in [-0.1, -0.05) is 66.7 Å². The molecule has 8 nitrogen and oxygen atoms in total. The summed E-state index contributed by atoms with van der Waals surface area (Å²) in [6.07, 6.45) is 1.35. The second-order valence-corrected chi connectivity index (χ2v) is 11.2. The van der Waals surface area contributed by atoms with Crippen LogP contribution in [0.25, 0.3) is 10.8 Å². The fourth-order valence-electron chi connectivity index (χ4n) is 6.04. The molecule has 0 radical (unpaired) electrons. The van der Waals surface area contributed by atoms with Gasteiger partial charge in [-0.25, -0.2) is 0 Å². The highest BCUT2D eigenvalue weighted by atomic mass is 16.5. The number of aliphatic hydroxyl groups is 1. The van der Waals surface area contributed by atoms with Crippen molar-refractivity contribution in [1.29, 1.82) is 0 Å². The molecule has 8 heteroatoms. The van der Waals surface area contributed by atoms with Crippen LogP contribution in [-0.4, -0.2) is 34.7 Å². The number of hydrogen-bond acceptors (Lipinski definition) is 7. The summed E-state index contributed by atoms with van der Waals surface area (Å²) < 4.78 is 11.6. The number of aromatic hydroxyl groups is 1. The molecule has 3 N–H and O–H groups in total. The van der Waals surface area contributed by atoms with E-state index in [1.54, 1.807) is 13.8 Å². The molecule has 4 aromatic carbocycles. The van der Waals surface area contributed by atoms with Crippen molar-refractivity contribution in [3.8, 4) is 17.2 Å². The Morgan fingerprint density at radius 3 is 2.52 bits per heavy atom. The molecule has 222 valence electrons. The van der Waals surface area contributed by atoms with E-state index >= 15 is 0 Å². The number of carbonyl (C=O) groups excluding carboxylic acids is 2. The summed E-state index contributed by atoms with van der Waals surface area (Å²) >= 11 is 0. The van der Waals surface area contributed by atoms with Crippen LogP contribution in [0.4, 0.5) is 0 Å². The number of carbonyl (C=O) groups is 2. The average molecular weight is 589 g/mol. The van der Waals surface area contributed by atoms with E-state index in [4.69, 9.17) is 9.47 Å². The van der Waals surface area contributed by atoms with E-state index in [9.17, 15) is 19.8 Å². The predicted octanol–water partition coefficient (Wildman–Crippen LogP) is 6.38. The number of allylic oxidation sites excluding steroid dienone is 3. The van der Waals surface area contributed by atoms with E-state index in [0.29, 0.717) is 12.3 Å². The predicted molar refractivity (Wildman–Crippen MR) is 168 cm³/mol. The summed E-state index contributed by atoms with van der Waals surface area (Å²) in [5.74, 6) is -1.38. The third-order valence-electron chi connectivity index (χ3n) is 8.49. The Hall–Kier alpha value is -5.37. The molecule has 0 saturated carbocycles. The highest BCUT2D eigenvalue weighted by molar-refractivity contribution is 6.27. The molecule has 0 aromatic heterocycles. The molecular weight excluding hydrogens is 556 g/mol. The van der Waals surface area contributed by atoms with Crippen LogP contribution in [0.15, 0.2) is 101 Å². The largest absolute Gasteiger partial charge is 0.507 e. The molecule has 6 rings (SSSR count). The van der Waals surface area contributed by atoms with Crippen molar-refractivity contribution in [2.75, 3.05) is 7.11 Å². The zero-order valence-electron chi connectivity index (χ0n) is 24.9. The van der Waals surface area contributed by atoms with E-state index in [2.05, 4.69) is 10.3 Å². The van der Waals surface area contributed by atoms with Crippen LogP contribution in [0.5, 0.6) is 17.2 Å². The molecule has 1 heterocycles. The molecule has 1 amide bonds. The van der Waals surface area contributed by atoms with Gasteiger partial charge in [0.05, 0.1) is 24.8 Å². The molecule has 1 atom stereocenters. The van der Waals surface area contributed by atoms with Crippen molar-refractivity contribution in [3.05, 3.63) is 124 Å². The molecule has 0 fully saturated rings. The van der Waals surface area contributed by atoms with E-state index in [-0.39, 0.29) is 52.0 Å². The fraction of sp³-hybridized carbons (Fsp3) is 0.194. The summed E-state index contributed by atoms with van der Waals surface area (Å²) in [5.41, 5.74) is 1.96. The number of ether oxygens (including phenoxy) is 2. The Morgan fingerprint density at radius 2 is 1.77 bits per heavy atom. The molecule has 1 aliphatic carbocycles. The van der Waals surface area contributed by atoms with Crippen molar-refractivity contribution in [2.45, 2.75) is 39.3 Å². The summed E-state index contributed by atoms with van der Waals surface area (Å²) in [7, 11) is 1.39. The maximum Gasteiger partial charge on any atom is 0.259 e. The summed E-state index contributed by atoms with van der Waals surface area (Å²) in [6.45, 7) is 5.81. The molecule has 4 aromatic rings. The molecule has 0 spiro atoms. The third-order valence-corrected chi connectivity index (χ3v) is 8.49. The number of ketones is 1. The lowest BCUT2D eigenvalue weighted by atomic mass is 9.71. The van der Waals surface area contributed by atoms with Gasteiger partial charge in [-0.05, 0) is 48.2 Å². The Labute approximate surface area is 255 Å². The second-order valence-electron chi connectivity index (χ2n) is 11.2. The average Bonchev–Trinajstić information content (AvgIpc) is 3.33. The minimum absolute atomic E-state index is 0.00372.